The van der Waals surface area contributed by atoms with E-state index in [9.17, 15) is 18.3 Å². The van der Waals surface area contributed by atoms with E-state index in [-0.39, 0.29) is 19.5 Å². The van der Waals surface area contributed by atoms with Crippen LogP contribution in [0.1, 0.15) is 32.6 Å². The van der Waals surface area contributed by atoms with Gasteiger partial charge in [-0.25, -0.2) is 0 Å². The molecular formula is C11H22N2O5S. The lowest BCUT2D eigenvalue weighted by Crippen LogP contribution is -2.43. The van der Waals surface area contributed by atoms with Crippen LogP contribution < -0.4 is 0 Å². The number of hydrogen-bond acceptors (Lipinski definition) is 4. The Labute approximate surface area is 114 Å². The Morgan fingerprint density at radius 3 is 2.58 bits per heavy atom. The van der Waals surface area contributed by atoms with Crippen molar-refractivity contribution in [1.82, 2.24) is 8.61 Å². The topological polar surface area (TPSA) is 98.2 Å². The molecular weight excluding hydrogens is 272 g/mol. The molecule has 1 aliphatic heterocycles. The third kappa shape index (κ3) is 4.72. The van der Waals surface area contributed by atoms with Gasteiger partial charge < -0.3 is 10.2 Å². The fourth-order valence-corrected chi connectivity index (χ4v) is 3.43. The summed E-state index contributed by atoms with van der Waals surface area (Å²) in [6, 6.07) is 0. The van der Waals surface area contributed by atoms with Crippen molar-refractivity contribution in [2.24, 2.45) is 0 Å². The first-order valence-electron chi connectivity index (χ1n) is 6.31. The fourth-order valence-electron chi connectivity index (χ4n) is 2.03. The number of aliphatic carboxylic acids is 1. The zero-order chi connectivity index (χ0) is 14.7. The molecule has 0 saturated carbocycles. The average Bonchev–Trinajstić information content (AvgIpc) is 2.47. The maximum atomic E-state index is 12.2. The molecule has 1 saturated heterocycles. The Morgan fingerprint density at radius 2 is 2.00 bits per heavy atom. The van der Waals surface area contributed by atoms with Crippen LogP contribution in [0.4, 0.5) is 0 Å². The molecule has 0 aromatic rings. The van der Waals surface area contributed by atoms with Crippen molar-refractivity contribution < 1.29 is 23.4 Å². The van der Waals surface area contributed by atoms with Gasteiger partial charge in [-0.1, -0.05) is 0 Å². The standard InChI is InChI=1S/C11H22N2O5S/c1-11(16)5-3-7-13(9-6-11)19(17,18)12(2)8-4-10(14)15/h16H,3-9H2,1-2H3,(H,14,15). The van der Waals surface area contributed by atoms with Gasteiger partial charge in [0.25, 0.3) is 10.2 Å². The quantitative estimate of drug-likeness (QED) is 0.736. The van der Waals surface area contributed by atoms with Crippen LogP contribution in [-0.2, 0) is 15.0 Å². The second kappa shape index (κ2) is 6.17. The Balaban J connectivity index is 2.68. The first-order valence-corrected chi connectivity index (χ1v) is 7.70. The number of carbonyl (C=O) groups is 1. The molecule has 19 heavy (non-hydrogen) atoms. The van der Waals surface area contributed by atoms with Gasteiger partial charge in [-0.2, -0.15) is 17.0 Å². The lowest BCUT2D eigenvalue weighted by atomic mass is 9.98. The fraction of sp³-hybridized carbons (Fsp3) is 0.909. The van der Waals surface area contributed by atoms with Gasteiger partial charge in [-0.15, -0.1) is 0 Å². The van der Waals surface area contributed by atoms with E-state index < -0.39 is 21.8 Å². The van der Waals surface area contributed by atoms with Crippen LogP contribution in [0.5, 0.6) is 0 Å². The van der Waals surface area contributed by atoms with Crippen LogP contribution in [0.3, 0.4) is 0 Å². The molecule has 2 N–H and O–H groups in total. The van der Waals surface area contributed by atoms with E-state index in [1.165, 1.54) is 11.4 Å². The van der Waals surface area contributed by atoms with E-state index in [1.807, 2.05) is 0 Å². The van der Waals surface area contributed by atoms with Crippen molar-refractivity contribution in [3.63, 3.8) is 0 Å². The van der Waals surface area contributed by atoms with E-state index in [0.29, 0.717) is 25.8 Å². The van der Waals surface area contributed by atoms with Crippen LogP contribution in [0.25, 0.3) is 0 Å². The van der Waals surface area contributed by atoms with E-state index in [1.54, 1.807) is 6.92 Å². The molecule has 0 aromatic carbocycles. The summed E-state index contributed by atoms with van der Waals surface area (Å²) in [7, 11) is -2.26. The monoisotopic (exact) mass is 294 g/mol. The highest BCUT2D eigenvalue weighted by Crippen LogP contribution is 2.23. The van der Waals surface area contributed by atoms with Crippen molar-refractivity contribution in [2.45, 2.75) is 38.2 Å². The number of aliphatic hydroxyl groups is 1. The van der Waals surface area contributed by atoms with Crippen molar-refractivity contribution in [1.29, 1.82) is 0 Å². The smallest absolute Gasteiger partial charge is 0.304 e. The Bertz CT molecular complexity index is 421. The molecule has 1 aliphatic rings. The van der Waals surface area contributed by atoms with Gasteiger partial charge in [0.15, 0.2) is 0 Å². The first kappa shape index (κ1) is 16.4. The first-order chi connectivity index (χ1) is 8.65. The third-order valence-electron chi connectivity index (χ3n) is 3.38. The minimum Gasteiger partial charge on any atom is -0.481 e. The number of nitrogens with zero attached hydrogens (tertiary/aromatic N) is 2. The third-order valence-corrected chi connectivity index (χ3v) is 5.37. The van der Waals surface area contributed by atoms with Crippen LogP contribution in [0.2, 0.25) is 0 Å². The zero-order valence-electron chi connectivity index (χ0n) is 11.4. The maximum absolute atomic E-state index is 12.2. The summed E-state index contributed by atoms with van der Waals surface area (Å²) in [5.41, 5.74) is -0.829. The molecule has 0 aromatic heterocycles. The second-order valence-corrected chi connectivity index (χ2v) is 7.26. The number of rotatable bonds is 5. The summed E-state index contributed by atoms with van der Waals surface area (Å²) in [4.78, 5) is 10.5. The van der Waals surface area contributed by atoms with Crippen molar-refractivity contribution in [3.8, 4) is 0 Å². The van der Waals surface area contributed by atoms with Crippen LogP contribution in [-0.4, -0.2) is 65.5 Å². The van der Waals surface area contributed by atoms with E-state index in [4.69, 9.17) is 5.11 Å². The predicted molar refractivity (Wildman–Crippen MR) is 69.9 cm³/mol. The van der Waals surface area contributed by atoms with Crippen LogP contribution in [0, 0.1) is 0 Å². The molecule has 0 radical (unpaired) electrons. The van der Waals surface area contributed by atoms with Crippen molar-refractivity contribution >= 4 is 16.2 Å². The van der Waals surface area contributed by atoms with Gasteiger partial charge in [0.05, 0.1) is 12.0 Å². The second-order valence-electron chi connectivity index (χ2n) is 5.22. The highest BCUT2D eigenvalue weighted by Gasteiger charge is 2.32. The van der Waals surface area contributed by atoms with E-state index >= 15 is 0 Å². The van der Waals surface area contributed by atoms with Crippen LogP contribution in [0.15, 0.2) is 0 Å². The predicted octanol–water partition coefficient (Wildman–Crippen LogP) is -0.125. The lowest BCUT2D eigenvalue weighted by molar-refractivity contribution is -0.137. The highest BCUT2D eigenvalue weighted by atomic mass is 32.2. The Hall–Kier alpha value is -0.700. The summed E-state index contributed by atoms with van der Waals surface area (Å²) in [5.74, 6) is -1.03. The maximum Gasteiger partial charge on any atom is 0.304 e. The molecule has 0 aliphatic carbocycles. The molecule has 0 bridgehead atoms. The molecule has 8 heteroatoms. The SMILES string of the molecule is CN(CCC(=O)O)S(=O)(=O)N1CCCC(C)(O)CC1. The minimum absolute atomic E-state index is 0.0510. The van der Waals surface area contributed by atoms with Gasteiger partial charge in [0.2, 0.25) is 0 Å². The summed E-state index contributed by atoms with van der Waals surface area (Å²) in [6.45, 7) is 2.27. The Kier molecular flexibility index (Phi) is 5.31. The normalized spacial score (nSPS) is 26.3. The summed E-state index contributed by atoms with van der Waals surface area (Å²) in [5, 5.41) is 18.5. The Morgan fingerprint density at radius 1 is 1.37 bits per heavy atom. The number of carboxylic acids is 1. The molecule has 7 nitrogen and oxygen atoms in total. The van der Waals surface area contributed by atoms with Gasteiger partial charge in [-0.05, 0) is 26.2 Å². The molecule has 0 spiro atoms. The van der Waals surface area contributed by atoms with Gasteiger partial charge in [0, 0.05) is 26.7 Å². The molecule has 1 rings (SSSR count). The van der Waals surface area contributed by atoms with Gasteiger partial charge in [-0.3, -0.25) is 4.79 Å². The van der Waals surface area contributed by atoms with Crippen molar-refractivity contribution in [2.75, 3.05) is 26.7 Å². The zero-order valence-corrected chi connectivity index (χ0v) is 12.2. The summed E-state index contributed by atoms with van der Waals surface area (Å²) < 4.78 is 26.9. The molecule has 112 valence electrons. The highest BCUT2D eigenvalue weighted by molar-refractivity contribution is 7.86. The van der Waals surface area contributed by atoms with E-state index in [0.717, 1.165) is 4.31 Å². The molecule has 0 amide bonds. The number of carboxylic acid groups (broad SMARTS) is 1. The van der Waals surface area contributed by atoms with E-state index in [2.05, 4.69) is 0 Å². The minimum atomic E-state index is -3.64. The molecule has 1 unspecified atom stereocenters. The molecule has 1 fully saturated rings. The van der Waals surface area contributed by atoms with Crippen LogP contribution >= 0.6 is 0 Å². The van der Waals surface area contributed by atoms with Crippen molar-refractivity contribution in [3.05, 3.63) is 0 Å². The molecule has 1 atom stereocenters. The summed E-state index contributed by atoms with van der Waals surface area (Å²) in [6.07, 6.45) is 1.33. The largest absolute Gasteiger partial charge is 0.481 e. The van der Waals surface area contributed by atoms with Gasteiger partial charge in [0.1, 0.15) is 0 Å². The number of hydrogen-bond donors (Lipinski definition) is 2. The summed E-state index contributed by atoms with van der Waals surface area (Å²) >= 11 is 0. The molecule has 1 heterocycles. The van der Waals surface area contributed by atoms with Gasteiger partial charge >= 0.3 is 5.97 Å². The average molecular weight is 294 g/mol. The lowest BCUT2D eigenvalue weighted by Gasteiger charge is -2.26.